The zero-order chi connectivity index (χ0) is 21.6. The highest BCUT2D eigenvalue weighted by Crippen LogP contribution is 2.34. The molecule has 2 aliphatic rings. The number of thiophene rings is 1. The van der Waals surface area contributed by atoms with Crippen molar-refractivity contribution in [3.8, 4) is 5.75 Å². The molecule has 2 aromatic rings. The van der Waals surface area contributed by atoms with Crippen molar-refractivity contribution >= 4 is 23.2 Å². The van der Waals surface area contributed by atoms with Crippen molar-refractivity contribution in [2.75, 3.05) is 32.8 Å². The molecule has 4 rings (SSSR count). The Bertz CT molecular complexity index is 879. The summed E-state index contributed by atoms with van der Waals surface area (Å²) in [4.78, 5) is 30.8. The number of rotatable bonds is 8. The van der Waals surface area contributed by atoms with E-state index in [1.54, 1.807) is 16.2 Å². The fraction of sp³-hybridized carbons (Fsp3) is 0.500. The second-order valence-corrected chi connectivity index (χ2v) is 9.04. The normalized spacial score (nSPS) is 20.4. The second kappa shape index (κ2) is 10.3. The van der Waals surface area contributed by atoms with Crippen LogP contribution in [-0.4, -0.2) is 60.6 Å². The Labute approximate surface area is 187 Å². The van der Waals surface area contributed by atoms with Crippen LogP contribution in [0, 0.1) is 0 Å². The molecular formula is C24H30N2O4S. The predicted octanol–water partition coefficient (Wildman–Crippen LogP) is 3.67. The molecule has 0 radical (unpaired) electrons. The number of fused-ring (bicyclic) bond motifs is 1. The average molecular weight is 443 g/mol. The minimum atomic E-state index is -0.149. The van der Waals surface area contributed by atoms with E-state index in [1.807, 2.05) is 42.2 Å². The molecule has 166 valence electrons. The number of hydrogen-bond donors (Lipinski definition) is 0. The third-order valence-corrected chi connectivity index (χ3v) is 6.99. The van der Waals surface area contributed by atoms with Crippen LogP contribution in [0.5, 0.6) is 5.75 Å². The quantitative estimate of drug-likeness (QED) is 0.626. The highest BCUT2D eigenvalue weighted by Gasteiger charge is 2.34. The largest absolute Gasteiger partial charge is 0.491 e. The lowest BCUT2D eigenvalue weighted by atomic mass is 10.0. The molecule has 0 bridgehead atoms. The summed E-state index contributed by atoms with van der Waals surface area (Å²) >= 11 is 1.73. The van der Waals surface area contributed by atoms with Crippen LogP contribution in [0.15, 0.2) is 41.8 Å². The second-order valence-electron chi connectivity index (χ2n) is 8.04. The molecule has 1 aromatic carbocycles. The third-order valence-electron chi connectivity index (χ3n) is 6.00. The third kappa shape index (κ3) is 5.28. The lowest BCUT2D eigenvalue weighted by Gasteiger charge is -2.37. The summed E-state index contributed by atoms with van der Waals surface area (Å²) in [6, 6.07) is 11.6. The first-order valence-electron chi connectivity index (χ1n) is 11.1. The molecule has 7 heteroatoms. The summed E-state index contributed by atoms with van der Waals surface area (Å²) in [5, 5.41) is 2.08. The van der Waals surface area contributed by atoms with E-state index in [0.29, 0.717) is 26.1 Å². The van der Waals surface area contributed by atoms with E-state index in [9.17, 15) is 9.59 Å². The Morgan fingerprint density at radius 2 is 2.10 bits per heavy atom. The fourth-order valence-electron chi connectivity index (χ4n) is 4.33. The monoisotopic (exact) mass is 442 g/mol. The van der Waals surface area contributed by atoms with Crippen LogP contribution in [0.4, 0.5) is 0 Å². The fourth-order valence-corrected chi connectivity index (χ4v) is 5.26. The lowest BCUT2D eigenvalue weighted by Crippen LogP contribution is -2.49. The van der Waals surface area contributed by atoms with Crippen molar-refractivity contribution in [3.05, 3.63) is 52.2 Å². The van der Waals surface area contributed by atoms with Gasteiger partial charge in [-0.15, -0.1) is 11.3 Å². The number of carbonyl (C=O) groups excluding carboxylic acids is 2. The minimum Gasteiger partial charge on any atom is -0.491 e. The summed E-state index contributed by atoms with van der Waals surface area (Å²) < 4.78 is 11.8. The Balaban J connectivity index is 1.47. The molecule has 1 aromatic heterocycles. The number of nitrogens with zero attached hydrogens (tertiary/aromatic N) is 2. The smallest absolute Gasteiger partial charge is 0.242 e. The summed E-state index contributed by atoms with van der Waals surface area (Å²) in [5.41, 5.74) is 1.16. The Morgan fingerprint density at radius 3 is 2.84 bits per heavy atom. The van der Waals surface area contributed by atoms with Crippen molar-refractivity contribution in [1.29, 1.82) is 0 Å². The molecule has 2 aliphatic heterocycles. The first kappa shape index (κ1) is 21.8. The Hall–Kier alpha value is -2.38. The maximum atomic E-state index is 13.4. The molecule has 6 nitrogen and oxygen atoms in total. The zero-order valence-corrected chi connectivity index (χ0v) is 18.8. The van der Waals surface area contributed by atoms with Gasteiger partial charge in [-0.3, -0.25) is 9.59 Å². The summed E-state index contributed by atoms with van der Waals surface area (Å²) in [5.74, 6) is 0.755. The SMILES string of the molecule is CCC(=O)N(CC(=O)N1CCc2sccc2C1COc1ccccc1)CC1CCCO1. The van der Waals surface area contributed by atoms with Gasteiger partial charge in [0.1, 0.15) is 12.4 Å². The maximum absolute atomic E-state index is 13.4. The predicted molar refractivity (Wildman–Crippen MR) is 120 cm³/mol. The number of ether oxygens (including phenoxy) is 2. The van der Waals surface area contributed by atoms with Gasteiger partial charge in [-0.25, -0.2) is 0 Å². The molecule has 31 heavy (non-hydrogen) atoms. The molecular weight excluding hydrogens is 412 g/mol. The van der Waals surface area contributed by atoms with Crippen LogP contribution >= 0.6 is 11.3 Å². The van der Waals surface area contributed by atoms with Crippen LogP contribution in [-0.2, 0) is 20.7 Å². The molecule has 2 atom stereocenters. The molecule has 0 N–H and O–H groups in total. The Morgan fingerprint density at radius 1 is 1.26 bits per heavy atom. The van der Waals surface area contributed by atoms with Gasteiger partial charge in [-0.05, 0) is 48.4 Å². The van der Waals surface area contributed by atoms with Crippen LogP contribution in [0.1, 0.15) is 42.7 Å². The van der Waals surface area contributed by atoms with Gasteiger partial charge in [-0.2, -0.15) is 0 Å². The van der Waals surface area contributed by atoms with Gasteiger partial charge < -0.3 is 19.3 Å². The lowest BCUT2D eigenvalue weighted by molar-refractivity contribution is -0.143. The van der Waals surface area contributed by atoms with Crippen molar-refractivity contribution in [1.82, 2.24) is 9.80 Å². The maximum Gasteiger partial charge on any atom is 0.242 e. The van der Waals surface area contributed by atoms with E-state index in [4.69, 9.17) is 9.47 Å². The van der Waals surface area contributed by atoms with Gasteiger partial charge in [0, 0.05) is 31.0 Å². The summed E-state index contributed by atoms with van der Waals surface area (Å²) in [6.45, 7) is 4.19. The number of hydrogen-bond acceptors (Lipinski definition) is 5. The molecule has 2 amide bonds. The number of benzene rings is 1. The average Bonchev–Trinajstić information content (AvgIpc) is 3.49. The molecule has 0 spiro atoms. The van der Waals surface area contributed by atoms with Crippen LogP contribution in [0.2, 0.25) is 0 Å². The van der Waals surface area contributed by atoms with Gasteiger partial charge in [-0.1, -0.05) is 25.1 Å². The van der Waals surface area contributed by atoms with Crippen molar-refractivity contribution in [3.63, 3.8) is 0 Å². The molecule has 0 saturated carbocycles. The minimum absolute atomic E-state index is 0.00540. The number of carbonyl (C=O) groups is 2. The van der Waals surface area contributed by atoms with Crippen molar-refractivity contribution < 1.29 is 19.1 Å². The van der Waals surface area contributed by atoms with Gasteiger partial charge in [0.25, 0.3) is 0 Å². The standard InChI is InChI=1S/C24H30N2O4S/c1-2-23(27)25(15-19-9-6-13-29-19)16-24(28)26-12-10-22-20(11-14-31-22)21(26)17-30-18-7-4-3-5-8-18/h3-5,7-8,11,14,19,21H,2,6,9-10,12-13,15-17H2,1H3. The van der Waals surface area contributed by atoms with Crippen LogP contribution in [0.25, 0.3) is 0 Å². The van der Waals surface area contributed by atoms with Crippen LogP contribution < -0.4 is 4.74 Å². The highest BCUT2D eigenvalue weighted by molar-refractivity contribution is 7.10. The van der Waals surface area contributed by atoms with Gasteiger partial charge >= 0.3 is 0 Å². The van der Waals surface area contributed by atoms with E-state index in [-0.39, 0.29) is 30.5 Å². The number of para-hydroxylation sites is 1. The Kier molecular flexibility index (Phi) is 7.25. The van der Waals surface area contributed by atoms with E-state index < -0.39 is 0 Å². The van der Waals surface area contributed by atoms with Gasteiger partial charge in [0.05, 0.1) is 18.7 Å². The van der Waals surface area contributed by atoms with Gasteiger partial charge in [0.2, 0.25) is 11.8 Å². The molecule has 2 unspecified atom stereocenters. The van der Waals surface area contributed by atoms with Crippen molar-refractivity contribution in [2.45, 2.75) is 44.8 Å². The van der Waals surface area contributed by atoms with E-state index in [1.165, 1.54) is 4.88 Å². The van der Waals surface area contributed by atoms with E-state index in [2.05, 4.69) is 11.4 Å². The van der Waals surface area contributed by atoms with Crippen molar-refractivity contribution in [2.24, 2.45) is 0 Å². The van der Waals surface area contributed by atoms with Crippen LogP contribution in [0.3, 0.4) is 0 Å². The highest BCUT2D eigenvalue weighted by atomic mass is 32.1. The first-order valence-corrected chi connectivity index (χ1v) is 12.0. The zero-order valence-electron chi connectivity index (χ0n) is 18.0. The molecule has 1 saturated heterocycles. The van der Waals surface area contributed by atoms with E-state index >= 15 is 0 Å². The van der Waals surface area contributed by atoms with E-state index in [0.717, 1.165) is 37.2 Å². The van der Waals surface area contributed by atoms with Gasteiger partial charge in [0.15, 0.2) is 0 Å². The summed E-state index contributed by atoms with van der Waals surface area (Å²) in [6.07, 6.45) is 3.21. The molecule has 3 heterocycles. The number of amides is 2. The molecule has 0 aliphatic carbocycles. The molecule has 1 fully saturated rings. The summed E-state index contributed by atoms with van der Waals surface area (Å²) in [7, 11) is 0. The first-order chi connectivity index (χ1) is 15.2. The topological polar surface area (TPSA) is 59.1 Å².